The Hall–Kier alpha value is -3.43. The van der Waals surface area contributed by atoms with Gasteiger partial charge in [0, 0.05) is 24.6 Å². The van der Waals surface area contributed by atoms with Crippen molar-refractivity contribution in [1.82, 2.24) is 4.90 Å². The number of ether oxygens (including phenoxy) is 2. The SMILES string of the molecule is CN(CC(=O)O)C(=O)[C@]1(C)CC/C=C/[C@H](OC(=O)Oc2ccc([N+](=O)[O-])cc2)CC1. The molecule has 1 amide bonds. The van der Waals surface area contributed by atoms with Crippen LogP contribution in [0.1, 0.15) is 32.6 Å². The Balaban J connectivity index is 1.96. The van der Waals surface area contributed by atoms with E-state index in [0.717, 1.165) is 0 Å². The molecular formula is C20H24N2O8. The number of amides is 1. The number of carbonyl (C=O) groups excluding carboxylic acids is 2. The number of carboxylic acid groups (broad SMARTS) is 1. The van der Waals surface area contributed by atoms with Gasteiger partial charge in [0.15, 0.2) is 0 Å². The molecule has 1 N–H and O–H groups in total. The number of non-ortho nitro benzene ring substituents is 1. The molecule has 2 atom stereocenters. The van der Waals surface area contributed by atoms with Crippen molar-refractivity contribution in [3.05, 3.63) is 46.5 Å². The molecule has 0 saturated carbocycles. The molecule has 2 rings (SSSR count). The van der Waals surface area contributed by atoms with Crippen molar-refractivity contribution in [3.63, 3.8) is 0 Å². The summed E-state index contributed by atoms with van der Waals surface area (Å²) in [5, 5.41) is 19.6. The number of nitro groups is 1. The Labute approximate surface area is 173 Å². The Morgan fingerprint density at radius 3 is 2.53 bits per heavy atom. The van der Waals surface area contributed by atoms with E-state index in [4.69, 9.17) is 14.6 Å². The van der Waals surface area contributed by atoms with Crippen molar-refractivity contribution in [2.75, 3.05) is 13.6 Å². The van der Waals surface area contributed by atoms with E-state index in [1.807, 2.05) is 6.08 Å². The summed E-state index contributed by atoms with van der Waals surface area (Å²) in [4.78, 5) is 47.0. The number of nitro benzene ring substituents is 1. The predicted molar refractivity (Wildman–Crippen MR) is 105 cm³/mol. The van der Waals surface area contributed by atoms with E-state index in [2.05, 4.69) is 0 Å². The number of rotatable bonds is 6. The smallest absolute Gasteiger partial charge is 0.480 e. The minimum Gasteiger partial charge on any atom is -0.480 e. The summed E-state index contributed by atoms with van der Waals surface area (Å²) in [5.74, 6) is -1.25. The standard InChI is InChI=1S/C20H24N2O8/c1-20(18(25)21(2)13-17(23)24)11-4-3-5-15(10-12-20)29-19(26)30-16-8-6-14(7-9-16)22(27)28/h3,5-9,15H,4,10-13H2,1-2H3,(H,23,24)/b5-3+/t15-,20+/m0/s1. The molecule has 0 unspecified atom stereocenters. The van der Waals surface area contributed by atoms with E-state index in [1.54, 1.807) is 13.0 Å². The predicted octanol–water partition coefficient (Wildman–Crippen LogP) is 3.16. The molecule has 0 heterocycles. The van der Waals surface area contributed by atoms with E-state index in [1.165, 1.54) is 36.2 Å². The summed E-state index contributed by atoms with van der Waals surface area (Å²) in [5.41, 5.74) is -0.908. The van der Waals surface area contributed by atoms with E-state index < -0.39 is 28.6 Å². The maximum atomic E-state index is 12.7. The van der Waals surface area contributed by atoms with Gasteiger partial charge in [-0.1, -0.05) is 13.0 Å². The Bertz CT molecular complexity index is 836. The first-order valence-electron chi connectivity index (χ1n) is 9.38. The number of hydrogen-bond donors (Lipinski definition) is 1. The summed E-state index contributed by atoms with van der Waals surface area (Å²) >= 11 is 0. The molecule has 10 heteroatoms. The number of likely N-dealkylation sites (N-methyl/N-ethyl adjacent to an activating group) is 1. The highest BCUT2D eigenvalue weighted by atomic mass is 16.7. The van der Waals surface area contributed by atoms with E-state index in [9.17, 15) is 24.5 Å². The third-order valence-electron chi connectivity index (χ3n) is 4.93. The van der Waals surface area contributed by atoms with Gasteiger partial charge in [-0.2, -0.15) is 0 Å². The van der Waals surface area contributed by atoms with Crippen LogP contribution >= 0.6 is 0 Å². The molecule has 1 aliphatic carbocycles. The average Bonchev–Trinajstić information content (AvgIpc) is 2.66. The maximum absolute atomic E-state index is 12.7. The van der Waals surface area contributed by atoms with Crippen LogP contribution in [0, 0.1) is 15.5 Å². The molecule has 0 fully saturated rings. The van der Waals surface area contributed by atoms with Crippen molar-refractivity contribution in [2.45, 2.75) is 38.7 Å². The number of allylic oxidation sites excluding steroid dienone is 1. The minimum atomic E-state index is -1.09. The summed E-state index contributed by atoms with van der Waals surface area (Å²) in [6.07, 6.45) is 3.83. The minimum absolute atomic E-state index is 0.107. The zero-order chi connectivity index (χ0) is 22.3. The number of aliphatic carboxylic acids is 1. The molecule has 1 aromatic rings. The molecule has 0 spiro atoms. The molecular weight excluding hydrogens is 396 g/mol. The van der Waals surface area contributed by atoms with Gasteiger partial charge < -0.3 is 19.5 Å². The quantitative estimate of drug-likeness (QED) is 0.244. The highest BCUT2D eigenvalue weighted by Gasteiger charge is 2.36. The Kier molecular flexibility index (Phi) is 7.51. The fourth-order valence-corrected chi connectivity index (χ4v) is 3.26. The first-order valence-corrected chi connectivity index (χ1v) is 9.38. The monoisotopic (exact) mass is 420 g/mol. The van der Waals surface area contributed by atoms with Crippen LogP contribution < -0.4 is 4.74 Å². The molecule has 162 valence electrons. The molecule has 0 saturated heterocycles. The fraction of sp³-hybridized carbons (Fsp3) is 0.450. The molecule has 0 aromatic heterocycles. The van der Waals surface area contributed by atoms with Crippen molar-refractivity contribution in [3.8, 4) is 5.75 Å². The topological polar surface area (TPSA) is 136 Å². The number of carboxylic acids is 1. The van der Waals surface area contributed by atoms with Gasteiger partial charge in [0.2, 0.25) is 5.91 Å². The Morgan fingerprint density at radius 2 is 1.93 bits per heavy atom. The van der Waals surface area contributed by atoms with Gasteiger partial charge in [0.25, 0.3) is 5.69 Å². The number of benzene rings is 1. The second kappa shape index (κ2) is 9.86. The van der Waals surface area contributed by atoms with Crippen LogP contribution in [0.2, 0.25) is 0 Å². The number of nitrogens with zero attached hydrogens (tertiary/aromatic N) is 2. The van der Waals surface area contributed by atoms with Crippen molar-refractivity contribution >= 4 is 23.7 Å². The highest BCUT2D eigenvalue weighted by Crippen LogP contribution is 2.34. The first-order chi connectivity index (χ1) is 14.1. The first kappa shape index (κ1) is 22.9. The van der Waals surface area contributed by atoms with Crippen LogP contribution in [0.5, 0.6) is 5.75 Å². The molecule has 1 aliphatic rings. The molecule has 0 radical (unpaired) electrons. The third-order valence-corrected chi connectivity index (χ3v) is 4.93. The number of carbonyl (C=O) groups is 3. The number of hydrogen-bond acceptors (Lipinski definition) is 7. The highest BCUT2D eigenvalue weighted by molar-refractivity contribution is 5.85. The lowest BCUT2D eigenvalue weighted by Gasteiger charge is -2.33. The summed E-state index contributed by atoms with van der Waals surface area (Å²) in [6.45, 7) is 1.39. The van der Waals surface area contributed by atoms with Crippen LogP contribution in [0.3, 0.4) is 0 Å². The molecule has 30 heavy (non-hydrogen) atoms. The third kappa shape index (κ3) is 6.29. The lowest BCUT2D eigenvalue weighted by molar-refractivity contribution is -0.384. The zero-order valence-electron chi connectivity index (χ0n) is 16.8. The van der Waals surface area contributed by atoms with Gasteiger partial charge in [-0.15, -0.1) is 0 Å². The van der Waals surface area contributed by atoms with Gasteiger partial charge in [0.05, 0.1) is 4.92 Å². The van der Waals surface area contributed by atoms with E-state index >= 15 is 0 Å². The second-order valence-corrected chi connectivity index (χ2v) is 7.38. The molecule has 0 aliphatic heterocycles. The molecule has 0 bridgehead atoms. The van der Waals surface area contributed by atoms with Crippen LogP contribution in [-0.2, 0) is 14.3 Å². The zero-order valence-corrected chi connectivity index (χ0v) is 16.8. The summed E-state index contributed by atoms with van der Waals surface area (Å²) < 4.78 is 10.4. The van der Waals surface area contributed by atoms with Crippen LogP contribution in [0.15, 0.2) is 36.4 Å². The van der Waals surface area contributed by atoms with Crippen LogP contribution in [-0.4, -0.2) is 52.7 Å². The van der Waals surface area contributed by atoms with Crippen molar-refractivity contribution in [2.24, 2.45) is 5.41 Å². The summed E-state index contributed by atoms with van der Waals surface area (Å²) in [7, 11) is 1.45. The fourth-order valence-electron chi connectivity index (χ4n) is 3.26. The van der Waals surface area contributed by atoms with E-state index in [-0.39, 0.29) is 23.9 Å². The lowest BCUT2D eigenvalue weighted by Crippen LogP contribution is -2.43. The average molecular weight is 420 g/mol. The van der Waals surface area contributed by atoms with Gasteiger partial charge in [0.1, 0.15) is 18.4 Å². The molecule has 1 aromatic carbocycles. The van der Waals surface area contributed by atoms with Gasteiger partial charge in [-0.3, -0.25) is 19.7 Å². The molecule has 10 nitrogen and oxygen atoms in total. The van der Waals surface area contributed by atoms with Gasteiger partial charge in [-0.05, 0) is 43.9 Å². The summed E-state index contributed by atoms with van der Waals surface area (Å²) in [6, 6.07) is 5.01. The van der Waals surface area contributed by atoms with Crippen molar-refractivity contribution in [1.29, 1.82) is 0 Å². The lowest BCUT2D eigenvalue weighted by atomic mass is 9.77. The van der Waals surface area contributed by atoms with E-state index in [0.29, 0.717) is 25.7 Å². The van der Waals surface area contributed by atoms with Crippen molar-refractivity contribution < 1.29 is 33.9 Å². The largest absolute Gasteiger partial charge is 0.514 e. The normalized spacial score (nSPS) is 22.1. The van der Waals surface area contributed by atoms with Crippen LogP contribution in [0.25, 0.3) is 0 Å². The van der Waals surface area contributed by atoms with Gasteiger partial charge >= 0.3 is 12.1 Å². The Morgan fingerprint density at radius 1 is 1.27 bits per heavy atom. The maximum Gasteiger partial charge on any atom is 0.514 e. The van der Waals surface area contributed by atoms with Gasteiger partial charge in [-0.25, -0.2) is 4.79 Å². The van der Waals surface area contributed by atoms with Crippen LogP contribution in [0.4, 0.5) is 10.5 Å². The second-order valence-electron chi connectivity index (χ2n) is 7.38.